The number of hydrogen-bond acceptors (Lipinski definition) is 1. The van der Waals surface area contributed by atoms with Crippen LogP contribution in [0.4, 0.5) is 0 Å². The zero-order valence-corrected chi connectivity index (χ0v) is 14.2. The molecule has 0 heterocycles. The Morgan fingerprint density at radius 3 is 2.05 bits per heavy atom. The summed E-state index contributed by atoms with van der Waals surface area (Å²) in [5, 5.41) is 3.76. The molecule has 2 rings (SSSR count). The highest BCUT2D eigenvalue weighted by Gasteiger charge is 2.18. The van der Waals surface area contributed by atoms with Crippen LogP contribution in [0.25, 0.3) is 0 Å². The molecule has 0 radical (unpaired) electrons. The van der Waals surface area contributed by atoms with Crippen LogP contribution in [0, 0.1) is 11.8 Å². The van der Waals surface area contributed by atoms with Crippen LogP contribution in [0.2, 0.25) is 0 Å². The van der Waals surface area contributed by atoms with E-state index in [1.807, 2.05) is 0 Å². The Morgan fingerprint density at radius 2 is 1.48 bits per heavy atom. The summed E-state index contributed by atoms with van der Waals surface area (Å²) in [5.41, 5.74) is 2.88. The monoisotopic (exact) mass is 287 g/mol. The molecule has 118 valence electrons. The highest BCUT2D eigenvalue weighted by atomic mass is 14.9. The largest absolute Gasteiger partial charge is 0.310 e. The van der Waals surface area contributed by atoms with Crippen LogP contribution in [0.15, 0.2) is 24.3 Å². The molecule has 1 aromatic rings. The maximum Gasteiger partial charge on any atom is 0.0208 e. The second kappa shape index (κ2) is 8.58. The van der Waals surface area contributed by atoms with Crippen LogP contribution in [0.5, 0.6) is 0 Å². The standard InChI is InChI=1S/C20H33N/c1-16(2)14-18-10-12-19(13-11-18)15-21-17(3)20-8-6-4-5-7-9-20/h10-13,16-17,20-21H,4-9,14-15H2,1-3H3/t17-/m1/s1. The van der Waals surface area contributed by atoms with Gasteiger partial charge in [0.15, 0.2) is 0 Å². The molecule has 1 aromatic carbocycles. The van der Waals surface area contributed by atoms with Crippen molar-refractivity contribution in [1.29, 1.82) is 0 Å². The van der Waals surface area contributed by atoms with Crippen LogP contribution in [-0.2, 0) is 13.0 Å². The van der Waals surface area contributed by atoms with Crippen molar-refractivity contribution in [1.82, 2.24) is 5.32 Å². The first kappa shape index (κ1) is 16.5. The van der Waals surface area contributed by atoms with E-state index in [-0.39, 0.29) is 0 Å². The summed E-state index contributed by atoms with van der Waals surface area (Å²) in [6.45, 7) is 7.95. The lowest BCUT2D eigenvalue weighted by Gasteiger charge is -2.23. The first-order valence-corrected chi connectivity index (χ1v) is 8.96. The molecule has 21 heavy (non-hydrogen) atoms. The van der Waals surface area contributed by atoms with Gasteiger partial charge in [0.1, 0.15) is 0 Å². The van der Waals surface area contributed by atoms with Crippen LogP contribution in [-0.4, -0.2) is 6.04 Å². The number of rotatable bonds is 6. The number of nitrogens with one attached hydrogen (secondary N) is 1. The highest BCUT2D eigenvalue weighted by molar-refractivity contribution is 5.22. The summed E-state index contributed by atoms with van der Waals surface area (Å²) >= 11 is 0. The first-order chi connectivity index (χ1) is 10.1. The molecule has 0 saturated heterocycles. The van der Waals surface area contributed by atoms with Gasteiger partial charge in [-0.2, -0.15) is 0 Å². The topological polar surface area (TPSA) is 12.0 Å². The van der Waals surface area contributed by atoms with E-state index in [1.165, 1.54) is 56.1 Å². The van der Waals surface area contributed by atoms with Gasteiger partial charge in [-0.1, -0.05) is 63.8 Å². The van der Waals surface area contributed by atoms with Crippen molar-refractivity contribution in [3.63, 3.8) is 0 Å². The van der Waals surface area contributed by atoms with Crippen LogP contribution in [0.1, 0.15) is 70.4 Å². The minimum Gasteiger partial charge on any atom is -0.310 e. The molecule has 1 aliphatic rings. The minimum absolute atomic E-state index is 0.651. The van der Waals surface area contributed by atoms with Crippen LogP contribution in [0.3, 0.4) is 0 Å². The van der Waals surface area contributed by atoms with Gasteiger partial charge in [-0.25, -0.2) is 0 Å². The summed E-state index contributed by atoms with van der Waals surface area (Å²) in [4.78, 5) is 0. The zero-order chi connectivity index (χ0) is 15.1. The Kier molecular flexibility index (Phi) is 6.76. The van der Waals surface area contributed by atoms with Gasteiger partial charge in [-0.15, -0.1) is 0 Å². The van der Waals surface area contributed by atoms with Gasteiger partial charge in [0, 0.05) is 12.6 Å². The van der Waals surface area contributed by atoms with E-state index in [2.05, 4.69) is 50.4 Å². The molecule has 0 aromatic heterocycles. The summed E-state index contributed by atoms with van der Waals surface area (Å²) < 4.78 is 0. The van der Waals surface area contributed by atoms with Crippen molar-refractivity contribution in [3.05, 3.63) is 35.4 Å². The normalized spacial score (nSPS) is 18.7. The molecule has 1 saturated carbocycles. The van der Waals surface area contributed by atoms with E-state index < -0.39 is 0 Å². The molecule has 1 atom stereocenters. The lowest BCUT2D eigenvalue weighted by Crippen LogP contribution is -2.32. The fourth-order valence-corrected chi connectivity index (χ4v) is 3.52. The Balaban J connectivity index is 1.78. The summed E-state index contributed by atoms with van der Waals surface area (Å²) in [5.74, 6) is 1.62. The SMILES string of the molecule is CC(C)Cc1ccc(CN[C@H](C)C2CCCCCC2)cc1. The van der Waals surface area contributed by atoms with Gasteiger partial charge in [-0.3, -0.25) is 0 Å². The molecule has 1 aliphatic carbocycles. The van der Waals surface area contributed by atoms with E-state index in [0.717, 1.165) is 18.4 Å². The maximum absolute atomic E-state index is 3.76. The van der Waals surface area contributed by atoms with Crippen molar-refractivity contribution >= 4 is 0 Å². The van der Waals surface area contributed by atoms with Gasteiger partial charge in [0.25, 0.3) is 0 Å². The quantitative estimate of drug-likeness (QED) is 0.697. The van der Waals surface area contributed by atoms with Crippen LogP contribution < -0.4 is 5.32 Å². The second-order valence-electron chi connectivity index (χ2n) is 7.34. The molecule has 0 aliphatic heterocycles. The van der Waals surface area contributed by atoms with Gasteiger partial charge in [0.2, 0.25) is 0 Å². The predicted octanol–water partition coefficient (Wildman–Crippen LogP) is 5.33. The molecule has 1 nitrogen and oxygen atoms in total. The van der Waals surface area contributed by atoms with Crippen molar-refractivity contribution in [2.75, 3.05) is 0 Å². The van der Waals surface area contributed by atoms with E-state index >= 15 is 0 Å². The van der Waals surface area contributed by atoms with Gasteiger partial charge in [-0.05, 0) is 49.1 Å². The third-order valence-electron chi connectivity index (χ3n) is 4.90. The molecule has 1 N–H and O–H groups in total. The van der Waals surface area contributed by atoms with E-state index in [0.29, 0.717) is 6.04 Å². The fourth-order valence-electron chi connectivity index (χ4n) is 3.52. The Labute approximate surface area is 131 Å². The van der Waals surface area contributed by atoms with Crippen molar-refractivity contribution < 1.29 is 0 Å². The van der Waals surface area contributed by atoms with Crippen molar-refractivity contribution in [2.24, 2.45) is 11.8 Å². The van der Waals surface area contributed by atoms with Gasteiger partial charge >= 0.3 is 0 Å². The average molecular weight is 287 g/mol. The molecule has 0 bridgehead atoms. The molecule has 0 spiro atoms. The zero-order valence-electron chi connectivity index (χ0n) is 14.2. The molecule has 1 fully saturated rings. The Hall–Kier alpha value is -0.820. The number of hydrogen-bond donors (Lipinski definition) is 1. The highest BCUT2D eigenvalue weighted by Crippen LogP contribution is 2.25. The van der Waals surface area contributed by atoms with Crippen molar-refractivity contribution in [3.8, 4) is 0 Å². The molecule has 0 amide bonds. The first-order valence-electron chi connectivity index (χ1n) is 8.96. The van der Waals surface area contributed by atoms with E-state index in [4.69, 9.17) is 0 Å². The van der Waals surface area contributed by atoms with Crippen molar-refractivity contribution in [2.45, 2.75) is 78.3 Å². The molecule has 1 heteroatoms. The predicted molar refractivity (Wildman–Crippen MR) is 92.5 cm³/mol. The summed E-state index contributed by atoms with van der Waals surface area (Å²) in [6.07, 6.45) is 9.78. The second-order valence-corrected chi connectivity index (χ2v) is 7.34. The Bertz CT molecular complexity index is 385. The summed E-state index contributed by atoms with van der Waals surface area (Å²) in [6, 6.07) is 9.84. The third kappa shape index (κ3) is 5.82. The smallest absolute Gasteiger partial charge is 0.0208 e. The lowest BCUT2D eigenvalue weighted by molar-refractivity contribution is 0.336. The van der Waals surface area contributed by atoms with Gasteiger partial charge < -0.3 is 5.32 Å². The van der Waals surface area contributed by atoms with E-state index in [9.17, 15) is 0 Å². The average Bonchev–Trinajstić information content (AvgIpc) is 2.75. The minimum atomic E-state index is 0.651. The summed E-state index contributed by atoms with van der Waals surface area (Å²) in [7, 11) is 0. The molecule has 0 unspecified atom stereocenters. The lowest BCUT2D eigenvalue weighted by atomic mass is 9.93. The van der Waals surface area contributed by atoms with E-state index in [1.54, 1.807) is 0 Å². The Morgan fingerprint density at radius 1 is 0.905 bits per heavy atom. The maximum atomic E-state index is 3.76. The van der Waals surface area contributed by atoms with Gasteiger partial charge in [0.05, 0.1) is 0 Å². The molecular formula is C20H33N. The number of benzene rings is 1. The van der Waals surface area contributed by atoms with Crippen LogP contribution >= 0.6 is 0 Å². The third-order valence-corrected chi connectivity index (χ3v) is 4.90. The molecular weight excluding hydrogens is 254 g/mol. The fraction of sp³-hybridized carbons (Fsp3) is 0.700.